The number of H-pyrrole nitrogens is 1. The van der Waals surface area contributed by atoms with Gasteiger partial charge in [-0.3, -0.25) is 9.67 Å². The van der Waals surface area contributed by atoms with Crippen LogP contribution in [0, 0.1) is 6.92 Å². The first-order valence-electron chi connectivity index (χ1n) is 9.46. The molecule has 0 amide bonds. The molecule has 0 unspecified atom stereocenters. The van der Waals surface area contributed by atoms with Gasteiger partial charge in [-0.1, -0.05) is 23.7 Å². The van der Waals surface area contributed by atoms with Crippen LogP contribution in [0.15, 0.2) is 67.1 Å². The lowest BCUT2D eigenvalue weighted by Crippen LogP contribution is -2.08. The number of rotatable bonds is 5. The third kappa shape index (κ3) is 3.34. The van der Waals surface area contributed by atoms with Crippen LogP contribution in [0.1, 0.15) is 5.69 Å². The summed E-state index contributed by atoms with van der Waals surface area (Å²) in [4.78, 5) is 7.94. The number of pyridine rings is 1. The summed E-state index contributed by atoms with van der Waals surface area (Å²) in [6, 6.07) is 16.0. The average Bonchev–Trinajstić information content (AvgIpc) is 3.37. The molecule has 1 N–H and O–H groups in total. The van der Waals surface area contributed by atoms with Crippen molar-refractivity contribution >= 4 is 33.4 Å². The summed E-state index contributed by atoms with van der Waals surface area (Å²) in [7, 11) is 0. The molecule has 0 radical (unpaired) electrons. The fourth-order valence-electron chi connectivity index (χ4n) is 3.68. The van der Waals surface area contributed by atoms with Gasteiger partial charge in [0.05, 0.1) is 23.3 Å². The van der Waals surface area contributed by atoms with E-state index in [1.807, 2.05) is 60.4 Å². The van der Waals surface area contributed by atoms with Gasteiger partial charge in [0.2, 0.25) is 0 Å². The van der Waals surface area contributed by atoms with Crippen LogP contribution in [0.3, 0.4) is 0 Å². The number of aromatic nitrogens is 4. The summed E-state index contributed by atoms with van der Waals surface area (Å²) in [6.45, 7) is 3.29. The summed E-state index contributed by atoms with van der Waals surface area (Å²) in [5.74, 6) is 0.830. The highest BCUT2D eigenvalue weighted by Crippen LogP contribution is 2.36. The predicted octanol–water partition coefficient (Wildman–Crippen LogP) is 5.62. The molecule has 0 aliphatic rings. The zero-order chi connectivity index (χ0) is 19.8. The standard InChI is InChI=1S/C23H19ClN4O/c1-15-22-19(7-9-25-15)21-14-17(24)13-20(23(21)27-22)16-3-5-18(6-4-16)29-12-11-28-10-2-8-26-28/h2-10,13-14,27H,11-12H2,1H3. The highest BCUT2D eigenvalue weighted by Gasteiger charge is 2.13. The molecule has 29 heavy (non-hydrogen) atoms. The molecule has 0 aliphatic heterocycles. The van der Waals surface area contributed by atoms with Gasteiger partial charge in [-0.2, -0.15) is 5.10 Å². The van der Waals surface area contributed by atoms with Crippen molar-refractivity contribution in [2.24, 2.45) is 0 Å². The first-order chi connectivity index (χ1) is 14.2. The van der Waals surface area contributed by atoms with E-state index in [0.29, 0.717) is 18.2 Å². The van der Waals surface area contributed by atoms with Gasteiger partial charge in [-0.05, 0) is 48.9 Å². The van der Waals surface area contributed by atoms with Crippen molar-refractivity contribution in [1.29, 1.82) is 0 Å². The van der Waals surface area contributed by atoms with Crippen molar-refractivity contribution in [2.75, 3.05) is 6.61 Å². The molecule has 5 rings (SSSR count). The van der Waals surface area contributed by atoms with Crippen molar-refractivity contribution in [3.63, 3.8) is 0 Å². The van der Waals surface area contributed by atoms with E-state index >= 15 is 0 Å². The second kappa shape index (κ2) is 7.26. The predicted molar refractivity (Wildman–Crippen MR) is 117 cm³/mol. The Morgan fingerprint density at radius 2 is 1.90 bits per heavy atom. The zero-order valence-electron chi connectivity index (χ0n) is 15.9. The third-order valence-electron chi connectivity index (χ3n) is 5.10. The summed E-state index contributed by atoms with van der Waals surface area (Å²) in [5.41, 5.74) is 5.22. The number of hydrogen-bond donors (Lipinski definition) is 1. The fourth-order valence-corrected chi connectivity index (χ4v) is 3.89. The Kier molecular flexibility index (Phi) is 4.45. The van der Waals surface area contributed by atoms with Crippen LogP contribution in [-0.4, -0.2) is 26.4 Å². The maximum absolute atomic E-state index is 6.46. The van der Waals surface area contributed by atoms with Crippen LogP contribution in [0.4, 0.5) is 0 Å². The normalized spacial score (nSPS) is 11.4. The minimum absolute atomic E-state index is 0.566. The molecule has 0 aliphatic carbocycles. The van der Waals surface area contributed by atoms with Gasteiger partial charge in [0.25, 0.3) is 0 Å². The van der Waals surface area contributed by atoms with Gasteiger partial charge in [0.1, 0.15) is 12.4 Å². The molecule has 0 saturated carbocycles. The van der Waals surface area contributed by atoms with E-state index in [9.17, 15) is 0 Å². The highest BCUT2D eigenvalue weighted by molar-refractivity contribution is 6.32. The summed E-state index contributed by atoms with van der Waals surface area (Å²) < 4.78 is 7.69. The average molecular weight is 403 g/mol. The number of benzene rings is 2. The minimum Gasteiger partial charge on any atom is -0.492 e. The second-order valence-electron chi connectivity index (χ2n) is 6.96. The Balaban J connectivity index is 1.47. The quantitative estimate of drug-likeness (QED) is 0.415. The van der Waals surface area contributed by atoms with Crippen LogP contribution in [-0.2, 0) is 6.54 Å². The van der Waals surface area contributed by atoms with Gasteiger partial charge in [0, 0.05) is 39.9 Å². The number of aromatic amines is 1. The number of ether oxygens (including phenoxy) is 1. The Morgan fingerprint density at radius 1 is 1.03 bits per heavy atom. The van der Waals surface area contributed by atoms with Crippen LogP contribution in [0.5, 0.6) is 5.75 Å². The van der Waals surface area contributed by atoms with Gasteiger partial charge >= 0.3 is 0 Å². The van der Waals surface area contributed by atoms with Gasteiger partial charge in [0.15, 0.2) is 0 Å². The first-order valence-corrected chi connectivity index (χ1v) is 9.84. The van der Waals surface area contributed by atoms with Crippen molar-refractivity contribution in [2.45, 2.75) is 13.5 Å². The smallest absolute Gasteiger partial charge is 0.119 e. The van der Waals surface area contributed by atoms with E-state index in [1.165, 1.54) is 0 Å². The lowest BCUT2D eigenvalue weighted by atomic mass is 10.0. The molecule has 0 bridgehead atoms. The Bertz CT molecular complexity index is 1290. The summed E-state index contributed by atoms with van der Waals surface area (Å²) in [5, 5.41) is 7.13. The van der Waals surface area contributed by atoms with E-state index in [1.54, 1.807) is 6.20 Å². The maximum atomic E-state index is 6.46. The Morgan fingerprint density at radius 3 is 2.69 bits per heavy atom. The largest absolute Gasteiger partial charge is 0.492 e. The number of fused-ring (bicyclic) bond motifs is 3. The molecule has 0 atom stereocenters. The van der Waals surface area contributed by atoms with Crippen molar-refractivity contribution < 1.29 is 4.74 Å². The molecule has 5 aromatic rings. The monoisotopic (exact) mass is 402 g/mol. The molecule has 2 aromatic carbocycles. The number of aryl methyl sites for hydroxylation is 1. The fraction of sp³-hybridized carbons (Fsp3) is 0.130. The number of nitrogens with one attached hydrogen (secondary N) is 1. The topological polar surface area (TPSA) is 55.7 Å². The molecule has 0 spiro atoms. The van der Waals surface area contributed by atoms with E-state index < -0.39 is 0 Å². The van der Waals surface area contributed by atoms with Crippen molar-refractivity contribution in [3.05, 3.63) is 77.8 Å². The maximum Gasteiger partial charge on any atom is 0.119 e. The molecule has 0 saturated heterocycles. The lowest BCUT2D eigenvalue weighted by Gasteiger charge is -2.09. The Labute approximate surface area is 172 Å². The zero-order valence-corrected chi connectivity index (χ0v) is 16.6. The van der Waals surface area contributed by atoms with Crippen molar-refractivity contribution in [3.8, 4) is 16.9 Å². The Hall–Kier alpha value is -3.31. The van der Waals surface area contributed by atoms with E-state index in [2.05, 4.69) is 27.2 Å². The first kappa shape index (κ1) is 17.8. The van der Waals surface area contributed by atoms with Gasteiger partial charge < -0.3 is 9.72 Å². The molecule has 6 heteroatoms. The van der Waals surface area contributed by atoms with E-state index in [4.69, 9.17) is 16.3 Å². The van der Waals surface area contributed by atoms with Crippen LogP contribution < -0.4 is 4.74 Å². The third-order valence-corrected chi connectivity index (χ3v) is 5.32. The molecule has 5 nitrogen and oxygen atoms in total. The lowest BCUT2D eigenvalue weighted by molar-refractivity contribution is 0.291. The summed E-state index contributed by atoms with van der Waals surface area (Å²) >= 11 is 6.46. The SMILES string of the molecule is Cc1nccc2c1[nH]c1c(-c3ccc(OCCn4cccn4)cc3)cc(Cl)cc12. The molecule has 0 fully saturated rings. The summed E-state index contributed by atoms with van der Waals surface area (Å²) in [6.07, 6.45) is 5.53. The van der Waals surface area contributed by atoms with Crippen LogP contribution in [0.25, 0.3) is 32.9 Å². The molecular weight excluding hydrogens is 384 g/mol. The number of nitrogens with zero attached hydrogens (tertiary/aromatic N) is 3. The minimum atomic E-state index is 0.566. The van der Waals surface area contributed by atoms with E-state index in [0.717, 1.165) is 44.4 Å². The van der Waals surface area contributed by atoms with E-state index in [-0.39, 0.29) is 0 Å². The highest BCUT2D eigenvalue weighted by atomic mass is 35.5. The molecule has 144 valence electrons. The van der Waals surface area contributed by atoms with Gasteiger partial charge in [-0.25, -0.2) is 0 Å². The van der Waals surface area contributed by atoms with Crippen molar-refractivity contribution in [1.82, 2.24) is 19.7 Å². The second-order valence-corrected chi connectivity index (χ2v) is 7.40. The van der Waals surface area contributed by atoms with Gasteiger partial charge in [-0.15, -0.1) is 0 Å². The number of halogens is 1. The molecule has 3 heterocycles. The van der Waals surface area contributed by atoms with Crippen LogP contribution in [0.2, 0.25) is 5.02 Å². The molecule has 3 aromatic heterocycles. The number of hydrogen-bond acceptors (Lipinski definition) is 3. The van der Waals surface area contributed by atoms with Crippen LogP contribution >= 0.6 is 11.6 Å². The molecular formula is C23H19ClN4O.